The monoisotopic (exact) mass is 611 g/mol. The van der Waals surface area contributed by atoms with Crippen molar-refractivity contribution < 1.29 is 4.42 Å². The number of aryl methyl sites for hydroxylation is 1. The summed E-state index contributed by atoms with van der Waals surface area (Å²) in [6.45, 7) is 11.2. The van der Waals surface area contributed by atoms with Gasteiger partial charge in [0, 0.05) is 23.2 Å². The topological polar surface area (TPSA) is 80.5 Å². The van der Waals surface area contributed by atoms with Gasteiger partial charge in [-0.05, 0) is 93.7 Å². The standard InChI is InChI=1S/C41H33N5O/c1-23(2)32-18-29(28-14-13-26-10-6-7-11-27(26)17-28)19-33(24(3)4)38(32)46-37-25(5)9-8-12-36(37)45-40(46)35-22-43-21-34-31-16-15-30(20-42)44-41(31)47-39(34)35/h6-19,21-24H,1-5H3. The van der Waals surface area contributed by atoms with Gasteiger partial charge < -0.3 is 4.42 Å². The molecule has 0 fully saturated rings. The molecule has 8 rings (SSSR count). The van der Waals surface area contributed by atoms with Gasteiger partial charge in [0.05, 0.1) is 22.3 Å². The minimum atomic E-state index is 0.228. The van der Waals surface area contributed by atoms with Crippen LogP contribution >= 0.6 is 0 Å². The Hall–Kier alpha value is -5.80. The number of aromatic nitrogens is 4. The quantitative estimate of drug-likeness (QED) is 0.193. The normalized spacial score (nSPS) is 11.9. The first-order valence-electron chi connectivity index (χ1n) is 16.1. The number of furan rings is 1. The molecule has 0 aliphatic rings. The highest BCUT2D eigenvalue weighted by Crippen LogP contribution is 2.43. The molecule has 0 radical (unpaired) electrons. The first kappa shape index (κ1) is 28.7. The fourth-order valence-electron chi connectivity index (χ4n) is 6.84. The van der Waals surface area contributed by atoms with E-state index in [9.17, 15) is 5.26 Å². The molecule has 6 heteroatoms. The molecule has 0 aliphatic heterocycles. The van der Waals surface area contributed by atoms with E-state index in [4.69, 9.17) is 9.40 Å². The van der Waals surface area contributed by atoms with E-state index >= 15 is 0 Å². The Morgan fingerprint density at radius 2 is 1.51 bits per heavy atom. The minimum Gasteiger partial charge on any atom is -0.437 e. The molecule has 0 bridgehead atoms. The van der Waals surface area contributed by atoms with Crippen LogP contribution in [0, 0.1) is 18.3 Å². The van der Waals surface area contributed by atoms with Gasteiger partial charge in [-0.15, -0.1) is 0 Å². The molecule has 6 nitrogen and oxygen atoms in total. The molecule has 0 unspecified atom stereocenters. The molecule has 228 valence electrons. The summed E-state index contributed by atoms with van der Waals surface area (Å²) in [5, 5.41) is 13.6. The molecular weight excluding hydrogens is 578 g/mol. The number of hydrogen-bond donors (Lipinski definition) is 0. The number of para-hydroxylation sites is 1. The van der Waals surface area contributed by atoms with Crippen LogP contribution in [-0.2, 0) is 0 Å². The van der Waals surface area contributed by atoms with Crippen LogP contribution in [0.25, 0.3) is 72.1 Å². The molecule has 0 atom stereocenters. The zero-order valence-corrected chi connectivity index (χ0v) is 27.0. The average Bonchev–Trinajstić information content (AvgIpc) is 3.66. The van der Waals surface area contributed by atoms with Crippen LogP contribution in [0.15, 0.2) is 102 Å². The van der Waals surface area contributed by atoms with Crippen molar-refractivity contribution in [1.82, 2.24) is 19.5 Å². The molecule has 0 N–H and O–H groups in total. The summed E-state index contributed by atoms with van der Waals surface area (Å²) in [4.78, 5) is 14.4. The predicted octanol–water partition coefficient (Wildman–Crippen LogP) is 10.6. The van der Waals surface area contributed by atoms with Crippen LogP contribution in [0.1, 0.15) is 61.9 Å². The molecule has 0 saturated carbocycles. The first-order valence-corrected chi connectivity index (χ1v) is 16.1. The van der Waals surface area contributed by atoms with Gasteiger partial charge in [-0.3, -0.25) is 9.55 Å². The van der Waals surface area contributed by atoms with E-state index in [1.165, 1.54) is 33.0 Å². The summed E-state index contributed by atoms with van der Waals surface area (Å²) in [5.41, 5.74) is 11.3. The SMILES string of the molecule is Cc1cccc2nc(-c3cncc4c3oc3nc(C#N)ccc34)n(-c3c(C(C)C)cc(-c4ccc5ccccc5c4)cc3C(C)C)c12. The van der Waals surface area contributed by atoms with E-state index in [0.29, 0.717) is 17.0 Å². The van der Waals surface area contributed by atoms with Crippen LogP contribution in [0.4, 0.5) is 0 Å². The van der Waals surface area contributed by atoms with E-state index in [0.717, 1.165) is 44.4 Å². The lowest BCUT2D eigenvalue weighted by Crippen LogP contribution is -2.10. The van der Waals surface area contributed by atoms with Gasteiger partial charge in [0.2, 0.25) is 5.71 Å². The van der Waals surface area contributed by atoms with Crippen molar-refractivity contribution in [2.45, 2.75) is 46.5 Å². The van der Waals surface area contributed by atoms with E-state index < -0.39 is 0 Å². The van der Waals surface area contributed by atoms with Gasteiger partial charge in [-0.2, -0.15) is 5.26 Å². The Balaban J connectivity index is 1.46. The number of nitriles is 1. The molecule has 0 spiro atoms. The lowest BCUT2D eigenvalue weighted by molar-refractivity contribution is 0.653. The summed E-state index contributed by atoms with van der Waals surface area (Å²) in [6, 6.07) is 31.9. The van der Waals surface area contributed by atoms with Crippen LogP contribution in [0.2, 0.25) is 0 Å². The summed E-state index contributed by atoms with van der Waals surface area (Å²) < 4.78 is 8.74. The largest absolute Gasteiger partial charge is 0.437 e. The van der Waals surface area contributed by atoms with Crippen LogP contribution in [-0.4, -0.2) is 19.5 Å². The second-order valence-corrected chi connectivity index (χ2v) is 12.9. The number of hydrogen-bond acceptors (Lipinski definition) is 5. The highest BCUT2D eigenvalue weighted by molar-refractivity contribution is 6.08. The van der Waals surface area contributed by atoms with Gasteiger partial charge in [0.1, 0.15) is 11.8 Å². The van der Waals surface area contributed by atoms with Crippen LogP contribution in [0.3, 0.4) is 0 Å². The summed E-state index contributed by atoms with van der Waals surface area (Å²) in [7, 11) is 0. The Morgan fingerprint density at radius 3 is 2.26 bits per heavy atom. The Kier molecular flexibility index (Phi) is 6.66. The molecule has 0 aliphatic carbocycles. The number of nitrogens with zero attached hydrogens (tertiary/aromatic N) is 5. The van der Waals surface area contributed by atoms with Crippen LogP contribution < -0.4 is 0 Å². The van der Waals surface area contributed by atoms with Crippen molar-refractivity contribution in [2.75, 3.05) is 0 Å². The molecule has 0 amide bonds. The number of imidazole rings is 1. The molecule has 8 aromatic rings. The third kappa shape index (κ3) is 4.58. The van der Waals surface area contributed by atoms with Gasteiger partial charge in [0.25, 0.3) is 0 Å². The van der Waals surface area contributed by atoms with Gasteiger partial charge >= 0.3 is 0 Å². The number of pyridine rings is 2. The predicted molar refractivity (Wildman–Crippen MR) is 190 cm³/mol. The zero-order valence-electron chi connectivity index (χ0n) is 27.0. The number of rotatable bonds is 5. The van der Waals surface area contributed by atoms with E-state index in [2.05, 4.69) is 128 Å². The summed E-state index contributed by atoms with van der Waals surface area (Å²) >= 11 is 0. The summed E-state index contributed by atoms with van der Waals surface area (Å²) in [6.07, 6.45) is 3.63. The third-order valence-corrected chi connectivity index (χ3v) is 9.20. The second kappa shape index (κ2) is 10.9. The molecule has 47 heavy (non-hydrogen) atoms. The molecule has 4 aromatic heterocycles. The molecule has 0 saturated heterocycles. The maximum absolute atomic E-state index is 9.47. The molecule has 4 aromatic carbocycles. The van der Waals surface area contributed by atoms with Gasteiger partial charge in [-0.25, -0.2) is 9.97 Å². The van der Waals surface area contributed by atoms with Crippen molar-refractivity contribution in [3.8, 4) is 34.3 Å². The lowest BCUT2D eigenvalue weighted by Gasteiger charge is -2.25. The molecular formula is C41H33N5O. The maximum Gasteiger partial charge on any atom is 0.228 e. The van der Waals surface area contributed by atoms with Crippen LogP contribution in [0.5, 0.6) is 0 Å². The van der Waals surface area contributed by atoms with Crippen molar-refractivity contribution >= 4 is 43.9 Å². The zero-order chi connectivity index (χ0) is 32.4. The number of benzene rings is 4. The van der Waals surface area contributed by atoms with E-state index in [1.54, 1.807) is 12.3 Å². The average molecular weight is 612 g/mol. The highest BCUT2D eigenvalue weighted by Gasteiger charge is 2.26. The van der Waals surface area contributed by atoms with E-state index in [1.807, 2.05) is 12.3 Å². The number of fused-ring (bicyclic) bond motifs is 5. The van der Waals surface area contributed by atoms with Crippen molar-refractivity contribution in [3.05, 3.63) is 120 Å². The Bertz CT molecular complexity index is 2530. The smallest absolute Gasteiger partial charge is 0.228 e. The fourth-order valence-corrected chi connectivity index (χ4v) is 6.84. The van der Waals surface area contributed by atoms with Crippen molar-refractivity contribution in [3.63, 3.8) is 0 Å². The fraction of sp³-hybridized carbons (Fsp3) is 0.171. The Morgan fingerprint density at radius 1 is 0.745 bits per heavy atom. The Labute approximate surface area is 273 Å². The van der Waals surface area contributed by atoms with Gasteiger partial charge in [-0.1, -0.05) is 76.2 Å². The second-order valence-electron chi connectivity index (χ2n) is 12.9. The molecule has 4 heterocycles. The van der Waals surface area contributed by atoms with E-state index in [-0.39, 0.29) is 11.8 Å². The summed E-state index contributed by atoms with van der Waals surface area (Å²) in [5.74, 6) is 1.21. The van der Waals surface area contributed by atoms with Gasteiger partial charge in [0.15, 0.2) is 11.4 Å². The van der Waals surface area contributed by atoms with Crippen molar-refractivity contribution in [2.24, 2.45) is 0 Å². The third-order valence-electron chi connectivity index (χ3n) is 9.20. The minimum absolute atomic E-state index is 0.228. The highest BCUT2D eigenvalue weighted by atomic mass is 16.3. The lowest BCUT2D eigenvalue weighted by atomic mass is 9.87. The maximum atomic E-state index is 9.47. The first-order chi connectivity index (χ1) is 22.8. The van der Waals surface area contributed by atoms with Crippen molar-refractivity contribution in [1.29, 1.82) is 5.26 Å².